The molecule has 0 saturated heterocycles. The maximum atomic E-state index is 12.4. The van der Waals surface area contributed by atoms with E-state index in [0.717, 1.165) is 29.2 Å². The fourth-order valence-corrected chi connectivity index (χ4v) is 4.20. The zero-order valence-electron chi connectivity index (χ0n) is 13.8. The number of aryl methyl sites for hydroxylation is 2. The topological polar surface area (TPSA) is 48.4 Å². The van der Waals surface area contributed by atoms with E-state index in [1.54, 1.807) is 13.3 Å². The molecule has 0 bridgehead atoms. The fourth-order valence-electron chi connectivity index (χ4n) is 3.03. The third kappa shape index (κ3) is 3.15. The molecule has 1 aromatic carbocycles. The molecule has 4 nitrogen and oxygen atoms in total. The van der Waals surface area contributed by atoms with Crippen LogP contribution in [0, 0.1) is 0 Å². The molecule has 0 spiro atoms. The summed E-state index contributed by atoms with van der Waals surface area (Å²) in [4.78, 5) is 18.4. The van der Waals surface area contributed by atoms with E-state index in [0.29, 0.717) is 4.88 Å². The summed E-state index contributed by atoms with van der Waals surface area (Å²) in [6, 6.07) is 13.6. The lowest BCUT2D eigenvalue weighted by Crippen LogP contribution is -2.04. The molecule has 0 fully saturated rings. The number of esters is 1. The Bertz CT molecular complexity index is 918. The van der Waals surface area contributed by atoms with Crippen LogP contribution in [0.25, 0.3) is 10.4 Å². The van der Waals surface area contributed by atoms with Crippen LogP contribution in [0.3, 0.4) is 0 Å². The van der Waals surface area contributed by atoms with Crippen molar-refractivity contribution >= 4 is 17.3 Å². The number of methoxy groups -OCH3 is 1. The van der Waals surface area contributed by atoms with Gasteiger partial charge in [0.25, 0.3) is 0 Å². The van der Waals surface area contributed by atoms with Crippen LogP contribution in [-0.4, -0.2) is 18.1 Å². The van der Waals surface area contributed by atoms with E-state index in [2.05, 4.69) is 17.1 Å². The van der Waals surface area contributed by atoms with Gasteiger partial charge >= 0.3 is 5.97 Å². The van der Waals surface area contributed by atoms with Crippen molar-refractivity contribution < 1.29 is 14.3 Å². The Morgan fingerprint density at radius 1 is 1.16 bits per heavy atom. The molecule has 0 atom stereocenters. The monoisotopic (exact) mass is 351 g/mol. The Morgan fingerprint density at radius 3 is 2.84 bits per heavy atom. The molecule has 25 heavy (non-hydrogen) atoms. The molecule has 126 valence electrons. The van der Waals surface area contributed by atoms with Crippen molar-refractivity contribution in [3.8, 4) is 16.2 Å². The van der Waals surface area contributed by atoms with Crippen LogP contribution in [0.15, 0.2) is 48.7 Å². The van der Waals surface area contributed by atoms with Gasteiger partial charge in [-0.2, -0.15) is 0 Å². The van der Waals surface area contributed by atoms with Crippen molar-refractivity contribution in [2.24, 2.45) is 0 Å². The quantitative estimate of drug-likeness (QED) is 0.659. The normalized spacial score (nSPS) is 12.2. The van der Waals surface area contributed by atoms with Crippen molar-refractivity contribution in [3.63, 3.8) is 0 Å². The van der Waals surface area contributed by atoms with Gasteiger partial charge in [0.15, 0.2) is 0 Å². The minimum Gasteiger partial charge on any atom is -0.497 e. The molecule has 2 heterocycles. The lowest BCUT2D eigenvalue weighted by Gasteiger charge is -2.16. The average Bonchev–Trinajstić information content (AvgIpc) is 3.11. The van der Waals surface area contributed by atoms with E-state index in [1.807, 2.05) is 30.3 Å². The third-order valence-corrected chi connectivity index (χ3v) is 5.50. The van der Waals surface area contributed by atoms with Crippen molar-refractivity contribution in [2.45, 2.75) is 19.4 Å². The molecule has 0 radical (unpaired) electrons. The highest BCUT2D eigenvalue weighted by Crippen LogP contribution is 2.41. The maximum Gasteiger partial charge on any atom is 0.348 e. The first-order chi connectivity index (χ1) is 12.2. The SMILES string of the molecule is COc1ccc2c(c1)CCc1cc(C(=O)OCc3ccccn3)sc1-2. The first-order valence-electron chi connectivity index (χ1n) is 8.11. The van der Waals surface area contributed by atoms with Gasteiger partial charge in [-0.3, -0.25) is 4.98 Å². The summed E-state index contributed by atoms with van der Waals surface area (Å²) < 4.78 is 10.7. The summed E-state index contributed by atoms with van der Waals surface area (Å²) in [5.41, 5.74) is 4.42. The van der Waals surface area contributed by atoms with Gasteiger partial charge in [0.1, 0.15) is 17.2 Å². The molecule has 2 aromatic heterocycles. The van der Waals surface area contributed by atoms with Crippen molar-refractivity contribution in [2.75, 3.05) is 7.11 Å². The van der Waals surface area contributed by atoms with E-state index in [1.165, 1.54) is 28.0 Å². The van der Waals surface area contributed by atoms with Crippen LogP contribution in [-0.2, 0) is 24.2 Å². The van der Waals surface area contributed by atoms with Crippen molar-refractivity contribution in [1.29, 1.82) is 0 Å². The fraction of sp³-hybridized carbons (Fsp3) is 0.200. The lowest BCUT2D eigenvalue weighted by molar-refractivity contribution is 0.0473. The molecule has 1 aliphatic rings. The molecule has 0 aliphatic heterocycles. The van der Waals surface area contributed by atoms with Gasteiger partial charge in [-0.25, -0.2) is 4.79 Å². The molecular formula is C20H17NO3S. The smallest absolute Gasteiger partial charge is 0.348 e. The number of carbonyl (C=O) groups is 1. The van der Waals surface area contributed by atoms with Gasteiger partial charge < -0.3 is 9.47 Å². The summed E-state index contributed by atoms with van der Waals surface area (Å²) in [5.74, 6) is 0.578. The molecule has 5 heteroatoms. The number of carbonyl (C=O) groups excluding carboxylic acids is 1. The number of benzene rings is 1. The van der Waals surface area contributed by atoms with Gasteiger partial charge in [0, 0.05) is 11.1 Å². The maximum absolute atomic E-state index is 12.4. The summed E-state index contributed by atoms with van der Waals surface area (Å²) in [6.45, 7) is 0.191. The number of fused-ring (bicyclic) bond motifs is 3. The number of hydrogen-bond acceptors (Lipinski definition) is 5. The van der Waals surface area contributed by atoms with E-state index in [-0.39, 0.29) is 12.6 Å². The highest BCUT2D eigenvalue weighted by molar-refractivity contribution is 7.17. The summed E-state index contributed by atoms with van der Waals surface area (Å²) >= 11 is 1.50. The number of pyridine rings is 1. The Morgan fingerprint density at radius 2 is 2.04 bits per heavy atom. The first kappa shape index (κ1) is 15.8. The molecule has 0 saturated carbocycles. The predicted molar refractivity (Wildman–Crippen MR) is 97.1 cm³/mol. The lowest BCUT2D eigenvalue weighted by atomic mass is 9.91. The standard InChI is InChI=1S/C20H17NO3S/c1-23-16-7-8-17-13(10-16)5-6-14-11-18(25-19(14)17)20(22)24-12-15-4-2-3-9-21-15/h2-4,7-11H,5-6,12H2,1H3. The minimum atomic E-state index is -0.292. The van der Waals surface area contributed by atoms with E-state index in [9.17, 15) is 4.79 Å². The van der Waals surface area contributed by atoms with Gasteiger partial charge in [-0.05, 0) is 65.9 Å². The highest BCUT2D eigenvalue weighted by atomic mass is 32.1. The van der Waals surface area contributed by atoms with Crippen LogP contribution in [0.2, 0.25) is 0 Å². The van der Waals surface area contributed by atoms with Gasteiger partial charge in [0.05, 0.1) is 12.8 Å². The molecule has 0 unspecified atom stereocenters. The molecule has 1 aliphatic carbocycles. The minimum absolute atomic E-state index is 0.191. The molecule has 0 N–H and O–H groups in total. The first-order valence-corrected chi connectivity index (χ1v) is 8.93. The van der Waals surface area contributed by atoms with Crippen LogP contribution in [0.5, 0.6) is 5.75 Å². The number of rotatable bonds is 4. The zero-order chi connectivity index (χ0) is 17.2. The molecule has 3 aromatic rings. The Kier molecular flexibility index (Phi) is 4.24. The van der Waals surface area contributed by atoms with Crippen molar-refractivity contribution in [3.05, 3.63) is 70.4 Å². The largest absolute Gasteiger partial charge is 0.497 e. The van der Waals surface area contributed by atoms with Crippen LogP contribution in [0.4, 0.5) is 0 Å². The predicted octanol–water partition coefficient (Wildman–Crippen LogP) is 4.27. The second-order valence-electron chi connectivity index (χ2n) is 5.89. The van der Waals surface area contributed by atoms with E-state index < -0.39 is 0 Å². The Labute approximate surface area is 150 Å². The van der Waals surface area contributed by atoms with Crippen LogP contribution >= 0.6 is 11.3 Å². The van der Waals surface area contributed by atoms with E-state index >= 15 is 0 Å². The second kappa shape index (κ2) is 6.69. The van der Waals surface area contributed by atoms with Gasteiger partial charge in [0.2, 0.25) is 0 Å². The Hall–Kier alpha value is -2.66. The second-order valence-corrected chi connectivity index (χ2v) is 6.94. The molecule has 4 rings (SSSR count). The van der Waals surface area contributed by atoms with Crippen molar-refractivity contribution in [1.82, 2.24) is 4.98 Å². The number of thiophene rings is 1. The Balaban J connectivity index is 1.55. The van der Waals surface area contributed by atoms with Gasteiger partial charge in [-0.15, -0.1) is 11.3 Å². The number of hydrogen-bond donors (Lipinski definition) is 0. The number of ether oxygens (including phenoxy) is 2. The van der Waals surface area contributed by atoms with Crippen LogP contribution < -0.4 is 4.74 Å². The van der Waals surface area contributed by atoms with Crippen LogP contribution in [0.1, 0.15) is 26.5 Å². The number of nitrogens with zero attached hydrogens (tertiary/aromatic N) is 1. The summed E-state index contributed by atoms with van der Waals surface area (Å²) in [5, 5.41) is 0. The third-order valence-electron chi connectivity index (χ3n) is 4.31. The van der Waals surface area contributed by atoms with E-state index in [4.69, 9.17) is 9.47 Å². The van der Waals surface area contributed by atoms with Gasteiger partial charge in [-0.1, -0.05) is 6.07 Å². The number of aromatic nitrogens is 1. The summed E-state index contributed by atoms with van der Waals surface area (Å²) in [6.07, 6.45) is 3.58. The molecule has 0 amide bonds. The highest BCUT2D eigenvalue weighted by Gasteiger charge is 2.22. The molecular weight excluding hydrogens is 334 g/mol. The average molecular weight is 351 g/mol. The zero-order valence-corrected chi connectivity index (χ0v) is 14.6. The summed E-state index contributed by atoms with van der Waals surface area (Å²) in [7, 11) is 1.68.